The van der Waals surface area contributed by atoms with Crippen molar-refractivity contribution < 1.29 is 9.59 Å². The summed E-state index contributed by atoms with van der Waals surface area (Å²) >= 11 is 0. The summed E-state index contributed by atoms with van der Waals surface area (Å²) in [4.78, 5) is 26.1. The number of hydrogen-bond donors (Lipinski definition) is 0. The van der Waals surface area contributed by atoms with Crippen molar-refractivity contribution in [3.05, 3.63) is 17.5 Å². The highest BCUT2D eigenvalue weighted by Crippen LogP contribution is 2.24. The highest BCUT2D eigenvalue weighted by Gasteiger charge is 2.30. The van der Waals surface area contributed by atoms with Crippen LogP contribution >= 0.6 is 0 Å². The molecule has 0 aliphatic carbocycles. The zero-order valence-corrected chi connectivity index (χ0v) is 13.9. The summed E-state index contributed by atoms with van der Waals surface area (Å²) in [6, 6.07) is 2.27. The molecule has 1 fully saturated rings. The normalized spacial score (nSPS) is 22.3. The van der Waals surface area contributed by atoms with E-state index in [0.717, 1.165) is 30.8 Å². The standard InChI is InChI=1S/C16H23N5O2/c1-11-9-12(2)21(17-11)13-5-4-8-20(10-13)16(23)14-6-7-15(22)19(3)18-14/h9,13H,4-8,10H2,1-3H3/t13-/m1/s1. The SMILES string of the molecule is Cc1cc(C)n([C@@H]2CCCN(C(=O)C3=NN(C)C(=O)CC3)C2)n1. The maximum absolute atomic E-state index is 12.7. The first-order chi connectivity index (χ1) is 11.0. The first kappa shape index (κ1) is 15.7. The first-order valence-corrected chi connectivity index (χ1v) is 8.12. The second kappa shape index (κ2) is 6.14. The van der Waals surface area contributed by atoms with Gasteiger partial charge in [-0.05, 0) is 32.8 Å². The molecular weight excluding hydrogens is 294 g/mol. The van der Waals surface area contributed by atoms with E-state index in [4.69, 9.17) is 0 Å². The van der Waals surface area contributed by atoms with Crippen LogP contribution in [-0.2, 0) is 9.59 Å². The number of likely N-dealkylation sites (tertiary alicyclic amines) is 1. The predicted molar refractivity (Wildman–Crippen MR) is 86.0 cm³/mol. The third kappa shape index (κ3) is 3.13. The Bertz CT molecular complexity index is 663. The molecule has 0 spiro atoms. The van der Waals surface area contributed by atoms with E-state index in [0.29, 0.717) is 25.1 Å². The summed E-state index contributed by atoms with van der Waals surface area (Å²) in [5.41, 5.74) is 2.62. The lowest BCUT2D eigenvalue weighted by atomic mass is 10.0. The molecule has 0 radical (unpaired) electrons. The number of aromatic nitrogens is 2. The number of hydrogen-bond acceptors (Lipinski definition) is 4. The fraction of sp³-hybridized carbons (Fsp3) is 0.625. The van der Waals surface area contributed by atoms with E-state index in [1.807, 2.05) is 23.4 Å². The molecule has 0 unspecified atom stereocenters. The molecule has 3 heterocycles. The third-order valence-electron chi connectivity index (χ3n) is 4.53. The monoisotopic (exact) mass is 317 g/mol. The second-order valence-electron chi connectivity index (χ2n) is 6.38. The number of aryl methyl sites for hydroxylation is 2. The summed E-state index contributed by atoms with van der Waals surface area (Å²) in [7, 11) is 1.60. The van der Waals surface area contributed by atoms with Gasteiger partial charge in [-0.15, -0.1) is 0 Å². The molecule has 7 heteroatoms. The number of piperidine rings is 1. The molecule has 2 aliphatic heterocycles. The molecule has 2 amide bonds. The second-order valence-corrected chi connectivity index (χ2v) is 6.38. The van der Waals surface area contributed by atoms with Crippen LogP contribution < -0.4 is 0 Å². The lowest BCUT2D eigenvalue weighted by molar-refractivity contribution is -0.131. The van der Waals surface area contributed by atoms with Gasteiger partial charge < -0.3 is 4.90 Å². The van der Waals surface area contributed by atoms with E-state index in [1.165, 1.54) is 5.01 Å². The molecule has 7 nitrogen and oxygen atoms in total. The van der Waals surface area contributed by atoms with Crippen molar-refractivity contribution in [1.82, 2.24) is 19.7 Å². The molecule has 0 aromatic carbocycles. The Morgan fingerprint density at radius 3 is 2.74 bits per heavy atom. The number of amides is 2. The summed E-state index contributed by atoms with van der Waals surface area (Å²) in [6.07, 6.45) is 2.77. The molecule has 1 aromatic heterocycles. The highest BCUT2D eigenvalue weighted by molar-refractivity contribution is 6.39. The van der Waals surface area contributed by atoms with Crippen molar-refractivity contribution in [2.45, 2.75) is 45.6 Å². The minimum Gasteiger partial charge on any atom is -0.335 e. The lowest BCUT2D eigenvalue weighted by Gasteiger charge is -2.34. The van der Waals surface area contributed by atoms with Crippen molar-refractivity contribution in [2.24, 2.45) is 5.10 Å². The molecule has 1 saturated heterocycles. The van der Waals surface area contributed by atoms with E-state index < -0.39 is 0 Å². The van der Waals surface area contributed by atoms with Gasteiger partial charge in [-0.3, -0.25) is 14.3 Å². The minimum atomic E-state index is -0.0458. The number of rotatable bonds is 2. The van der Waals surface area contributed by atoms with Crippen LogP contribution in [0.2, 0.25) is 0 Å². The Hall–Kier alpha value is -2.18. The summed E-state index contributed by atoms with van der Waals surface area (Å²) < 4.78 is 2.03. The van der Waals surface area contributed by atoms with Gasteiger partial charge >= 0.3 is 0 Å². The van der Waals surface area contributed by atoms with Crippen LogP contribution in [0.1, 0.15) is 43.1 Å². The average molecular weight is 317 g/mol. The number of carbonyl (C=O) groups excluding carboxylic acids is 2. The molecule has 0 N–H and O–H groups in total. The van der Waals surface area contributed by atoms with Crippen molar-refractivity contribution in [3.8, 4) is 0 Å². The van der Waals surface area contributed by atoms with Gasteiger partial charge in [0.2, 0.25) is 5.91 Å². The van der Waals surface area contributed by atoms with Crippen LogP contribution in [0, 0.1) is 13.8 Å². The minimum absolute atomic E-state index is 0.0410. The van der Waals surface area contributed by atoms with Crippen LogP contribution in [0.15, 0.2) is 11.2 Å². The van der Waals surface area contributed by atoms with E-state index in [9.17, 15) is 9.59 Å². The fourth-order valence-corrected chi connectivity index (χ4v) is 3.36. The summed E-state index contributed by atoms with van der Waals surface area (Å²) in [5, 5.41) is 9.98. The molecule has 23 heavy (non-hydrogen) atoms. The van der Waals surface area contributed by atoms with E-state index >= 15 is 0 Å². The molecule has 1 aromatic rings. The maximum atomic E-state index is 12.7. The van der Waals surface area contributed by atoms with Gasteiger partial charge in [0, 0.05) is 38.7 Å². The van der Waals surface area contributed by atoms with Crippen LogP contribution in [0.5, 0.6) is 0 Å². The molecule has 124 valence electrons. The van der Waals surface area contributed by atoms with Gasteiger partial charge in [0.15, 0.2) is 0 Å². The van der Waals surface area contributed by atoms with E-state index in [2.05, 4.69) is 16.3 Å². The van der Waals surface area contributed by atoms with Gasteiger partial charge in [-0.25, -0.2) is 5.01 Å². The topological polar surface area (TPSA) is 70.8 Å². The van der Waals surface area contributed by atoms with E-state index in [-0.39, 0.29) is 17.9 Å². The molecule has 2 aliphatic rings. The van der Waals surface area contributed by atoms with Crippen LogP contribution in [0.3, 0.4) is 0 Å². The van der Waals surface area contributed by atoms with Gasteiger partial charge in [0.25, 0.3) is 5.91 Å². The van der Waals surface area contributed by atoms with Crippen LogP contribution in [0.4, 0.5) is 0 Å². The number of carbonyl (C=O) groups is 2. The Balaban J connectivity index is 1.73. The quantitative estimate of drug-likeness (QED) is 0.825. The molecular formula is C16H23N5O2. The van der Waals surface area contributed by atoms with E-state index in [1.54, 1.807) is 7.05 Å². The predicted octanol–water partition coefficient (Wildman–Crippen LogP) is 1.27. The number of nitrogens with zero attached hydrogens (tertiary/aromatic N) is 5. The van der Waals surface area contributed by atoms with Crippen molar-refractivity contribution in [2.75, 3.05) is 20.1 Å². The molecule has 0 saturated carbocycles. The summed E-state index contributed by atoms with van der Waals surface area (Å²) in [5.74, 6) is -0.0868. The Morgan fingerprint density at radius 1 is 1.30 bits per heavy atom. The molecule has 1 atom stereocenters. The maximum Gasteiger partial charge on any atom is 0.270 e. The Kier molecular flexibility index (Phi) is 4.19. The lowest BCUT2D eigenvalue weighted by Crippen LogP contribution is -2.46. The zero-order valence-electron chi connectivity index (χ0n) is 13.9. The zero-order chi connectivity index (χ0) is 16.6. The van der Waals surface area contributed by atoms with Gasteiger partial charge in [0.05, 0.1) is 11.7 Å². The van der Waals surface area contributed by atoms with Crippen molar-refractivity contribution in [1.29, 1.82) is 0 Å². The molecule has 0 bridgehead atoms. The highest BCUT2D eigenvalue weighted by atomic mass is 16.2. The van der Waals surface area contributed by atoms with Gasteiger partial charge in [-0.2, -0.15) is 10.2 Å². The van der Waals surface area contributed by atoms with Crippen LogP contribution in [-0.4, -0.2) is 57.4 Å². The Morgan fingerprint density at radius 2 is 2.09 bits per heavy atom. The first-order valence-electron chi connectivity index (χ1n) is 8.12. The largest absolute Gasteiger partial charge is 0.335 e. The third-order valence-corrected chi connectivity index (χ3v) is 4.53. The van der Waals surface area contributed by atoms with Crippen molar-refractivity contribution >= 4 is 17.5 Å². The number of hydrazone groups is 1. The van der Waals surface area contributed by atoms with Crippen LogP contribution in [0.25, 0.3) is 0 Å². The smallest absolute Gasteiger partial charge is 0.270 e. The van der Waals surface area contributed by atoms with Gasteiger partial charge in [0.1, 0.15) is 5.71 Å². The van der Waals surface area contributed by atoms with Gasteiger partial charge in [-0.1, -0.05) is 0 Å². The Labute approximate surface area is 135 Å². The molecule has 3 rings (SSSR count). The van der Waals surface area contributed by atoms with Crippen molar-refractivity contribution in [3.63, 3.8) is 0 Å². The average Bonchev–Trinajstić information content (AvgIpc) is 2.88. The summed E-state index contributed by atoms with van der Waals surface area (Å²) in [6.45, 7) is 5.42. The fourth-order valence-electron chi connectivity index (χ4n) is 3.36.